The van der Waals surface area contributed by atoms with E-state index in [9.17, 15) is 4.79 Å². The van der Waals surface area contributed by atoms with Crippen molar-refractivity contribution >= 4 is 22.9 Å². The SMILES string of the molecule is Cc1ccc(CN2CCOCC3(C2)CN(c2cnn(C)c2)C(=O)CO3)s1. The maximum atomic E-state index is 12.4. The molecule has 2 saturated heterocycles. The van der Waals surface area contributed by atoms with Crippen LogP contribution in [0.15, 0.2) is 24.5 Å². The van der Waals surface area contributed by atoms with E-state index >= 15 is 0 Å². The molecule has 0 aliphatic carbocycles. The van der Waals surface area contributed by atoms with Gasteiger partial charge in [0.05, 0.1) is 31.6 Å². The first-order valence-electron chi connectivity index (χ1n) is 8.81. The largest absolute Gasteiger partial charge is 0.377 e. The van der Waals surface area contributed by atoms with E-state index in [0.717, 1.165) is 25.3 Å². The first-order valence-corrected chi connectivity index (χ1v) is 9.63. The van der Waals surface area contributed by atoms with Crippen LogP contribution in [0.3, 0.4) is 0 Å². The van der Waals surface area contributed by atoms with Crippen LogP contribution in [0, 0.1) is 6.92 Å². The van der Waals surface area contributed by atoms with Gasteiger partial charge in [-0.3, -0.25) is 14.4 Å². The Bertz CT molecular complexity index is 789. The minimum Gasteiger partial charge on any atom is -0.377 e. The number of hydrogen-bond donors (Lipinski definition) is 0. The van der Waals surface area contributed by atoms with Crippen LogP contribution < -0.4 is 4.90 Å². The summed E-state index contributed by atoms with van der Waals surface area (Å²) in [5, 5.41) is 4.19. The highest BCUT2D eigenvalue weighted by molar-refractivity contribution is 7.11. The zero-order chi connectivity index (χ0) is 18.1. The molecule has 1 atom stereocenters. The standard InChI is InChI=1S/C18H24N4O3S/c1-14-3-4-16(26-14)9-21-5-6-24-13-18(11-21)12-22(17(23)10-25-18)15-7-19-20(2)8-15/h3-4,7-8H,5-6,9-13H2,1-2H3. The van der Waals surface area contributed by atoms with E-state index in [4.69, 9.17) is 9.47 Å². The highest BCUT2D eigenvalue weighted by Gasteiger charge is 2.43. The number of rotatable bonds is 3. The third-order valence-electron chi connectivity index (χ3n) is 4.86. The van der Waals surface area contributed by atoms with E-state index in [0.29, 0.717) is 19.8 Å². The normalized spacial score (nSPS) is 25.0. The second-order valence-corrected chi connectivity index (χ2v) is 8.47. The zero-order valence-electron chi connectivity index (χ0n) is 15.2. The summed E-state index contributed by atoms with van der Waals surface area (Å²) >= 11 is 1.82. The van der Waals surface area contributed by atoms with E-state index in [1.807, 2.05) is 24.6 Å². The molecule has 2 fully saturated rings. The van der Waals surface area contributed by atoms with Crippen LogP contribution in [-0.2, 0) is 27.9 Å². The van der Waals surface area contributed by atoms with Crippen molar-refractivity contribution in [1.82, 2.24) is 14.7 Å². The van der Waals surface area contributed by atoms with Crippen molar-refractivity contribution in [1.29, 1.82) is 0 Å². The predicted octanol–water partition coefficient (Wildman–Crippen LogP) is 1.42. The van der Waals surface area contributed by atoms with Crippen molar-refractivity contribution < 1.29 is 14.3 Å². The van der Waals surface area contributed by atoms with Crippen LogP contribution in [0.2, 0.25) is 0 Å². The first kappa shape index (κ1) is 17.7. The van der Waals surface area contributed by atoms with Gasteiger partial charge in [-0.1, -0.05) is 0 Å². The molecular formula is C18H24N4O3S. The fourth-order valence-electron chi connectivity index (χ4n) is 3.59. The Morgan fingerprint density at radius 3 is 2.96 bits per heavy atom. The lowest BCUT2D eigenvalue weighted by atomic mass is 10.0. The van der Waals surface area contributed by atoms with Gasteiger partial charge in [0.2, 0.25) is 0 Å². The molecule has 2 aliphatic rings. The zero-order valence-corrected chi connectivity index (χ0v) is 16.0. The van der Waals surface area contributed by atoms with E-state index < -0.39 is 5.60 Å². The Morgan fingerprint density at radius 2 is 2.23 bits per heavy atom. The lowest BCUT2D eigenvalue weighted by Crippen LogP contribution is -2.60. The predicted molar refractivity (Wildman–Crippen MR) is 99.4 cm³/mol. The first-order chi connectivity index (χ1) is 12.5. The second-order valence-electron chi connectivity index (χ2n) is 7.10. The molecule has 1 amide bonds. The molecule has 0 saturated carbocycles. The van der Waals surface area contributed by atoms with Gasteiger partial charge >= 0.3 is 0 Å². The fourth-order valence-corrected chi connectivity index (χ4v) is 4.52. The highest BCUT2D eigenvalue weighted by atomic mass is 32.1. The molecule has 0 bridgehead atoms. The summed E-state index contributed by atoms with van der Waals surface area (Å²) < 4.78 is 13.6. The molecule has 0 radical (unpaired) electrons. The van der Waals surface area contributed by atoms with Crippen LogP contribution in [-0.4, -0.2) is 65.6 Å². The second kappa shape index (κ2) is 7.11. The lowest BCUT2D eigenvalue weighted by Gasteiger charge is -2.42. The Morgan fingerprint density at radius 1 is 1.35 bits per heavy atom. The van der Waals surface area contributed by atoms with Crippen molar-refractivity contribution in [2.45, 2.75) is 19.1 Å². The van der Waals surface area contributed by atoms with E-state index in [-0.39, 0.29) is 12.5 Å². The van der Waals surface area contributed by atoms with Gasteiger partial charge in [0.15, 0.2) is 0 Å². The number of carbonyl (C=O) groups is 1. The number of hydrogen-bond acceptors (Lipinski definition) is 6. The molecule has 26 heavy (non-hydrogen) atoms. The van der Waals surface area contributed by atoms with Crippen LogP contribution in [0.25, 0.3) is 0 Å². The van der Waals surface area contributed by atoms with Crippen LogP contribution in [0.5, 0.6) is 0 Å². The third kappa shape index (κ3) is 3.68. The molecule has 4 heterocycles. The monoisotopic (exact) mass is 376 g/mol. The number of aryl methyl sites for hydroxylation is 2. The molecule has 2 aromatic heterocycles. The number of carbonyl (C=O) groups excluding carboxylic acids is 1. The van der Waals surface area contributed by atoms with Crippen molar-refractivity contribution in [2.24, 2.45) is 7.05 Å². The third-order valence-corrected chi connectivity index (χ3v) is 5.84. The van der Waals surface area contributed by atoms with Crippen LogP contribution in [0.1, 0.15) is 9.75 Å². The van der Waals surface area contributed by atoms with Gasteiger partial charge in [0, 0.05) is 42.6 Å². The van der Waals surface area contributed by atoms with E-state index in [2.05, 4.69) is 29.1 Å². The summed E-state index contributed by atoms with van der Waals surface area (Å²) in [7, 11) is 1.85. The van der Waals surface area contributed by atoms with E-state index in [1.165, 1.54) is 9.75 Å². The molecule has 1 spiro atoms. The smallest absolute Gasteiger partial charge is 0.253 e. The molecule has 2 aromatic rings. The molecule has 140 valence electrons. The van der Waals surface area contributed by atoms with Gasteiger partial charge in [-0.05, 0) is 19.1 Å². The van der Waals surface area contributed by atoms with Crippen molar-refractivity contribution in [3.05, 3.63) is 34.3 Å². The summed E-state index contributed by atoms with van der Waals surface area (Å²) in [6, 6.07) is 4.34. The molecule has 1 unspecified atom stereocenters. The lowest BCUT2D eigenvalue weighted by molar-refractivity contribution is -0.146. The number of anilines is 1. The summed E-state index contributed by atoms with van der Waals surface area (Å²) in [5.41, 5.74) is 0.303. The van der Waals surface area contributed by atoms with Gasteiger partial charge in [0.25, 0.3) is 5.91 Å². The molecule has 4 rings (SSSR count). The quantitative estimate of drug-likeness (QED) is 0.811. The fraction of sp³-hybridized carbons (Fsp3) is 0.556. The number of thiophene rings is 1. The number of morpholine rings is 1. The van der Waals surface area contributed by atoms with Gasteiger partial charge < -0.3 is 14.4 Å². The topological polar surface area (TPSA) is 59.8 Å². The average molecular weight is 376 g/mol. The Balaban J connectivity index is 1.52. The number of nitrogens with zero attached hydrogens (tertiary/aromatic N) is 4. The van der Waals surface area contributed by atoms with Crippen LogP contribution >= 0.6 is 11.3 Å². The minimum atomic E-state index is -0.507. The maximum Gasteiger partial charge on any atom is 0.253 e. The summed E-state index contributed by atoms with van der Waals surface area (Å²) in [6.45, 7) is 6.35. The highest BCUT2D eigenvalue weighted by Crippen LogP contribution is 2.28. The molecule has 0 aromatic carbocycles. The molecule has 7 nitrogen and oxygen atoms in total. The average Bonchev–Trinajstić information content (AvgIpc) is 3.16. The Kier molecular flexibility index (Phi) is 4.83. The van der Waals surface area contributed by atoms with Crippen molar-refractivity contribution in [3.8, 4) is 0 Å². The molecular weight excluding hydrogens is 352 g/mol. The molecule has 8 heteroatoms. The number of ether oxygens (including phenoxy) is 2. The summed E-state index contributed by atoms with van der Waals surface area (Å²) in [4.78, 5) is 19.2. The Hall–Kier alpha value is -1.74. The van der Waals surface area contributed by atoms with Gasteiger partial charge in [0.1, 0.15) is 12.2 Å². The minimum absolute atomic E-state index is 0.0340. The van der Waals surface area contributed by atoms with Gasteiger partial charge in [-0.15, -0.1) is 11.3 Å². The van der Waals surface area contributed by atoms with Crippen molar-refractivity contribution in [3.63, 3.8) is 0 Å². The maximum absolute atomic E-state index is 12.4. The summed E-state index contributed by atoms with van der Waals surface area (Å²) in [6.07, 6.45) is 3.58. The van der Waals surface area contributed by atoms with Gasteiger partial charge in [-0.2, -0.15) is 5.10 Å². The Labute approximate surface area is 157 Å². The number of amides is 1. The summed E-state index contributed by atoms with van der Waals surface area (Å²) in [5.74, 6) is -0.0340. The van der Waals surface area contributed by atoms with E-state index in [1.54, 1.807) is 15.8 Å². The van der Waals surface area contributed by atoms with Gasteiger partial charge in [-0.25, -0.2) is 0 Å². The van der Waals surface area contributed by atoms with Crippen LogP contribution in [0.4, 0.5) is 5.69 Å². The number of aromatic nitrogens is 2. The molecule has 0 N–H and O–H groups in total. The van der Waals surface area contributed by atoms with Crippen molar-refractivity contribution in [2.75, 3.05) is 44.4 Å². The molecule has 2 aliphatic heterocycles.